The van der Waals surface area contributed by atoms with Crippen LogP contribution in [0.15, 0.2) is 34.9 Å². The maximum atomic E-state index is 12.7. The third kappa shape index (κ3) is 4.08. The van der Waals surface area contributed by atoms with Gasteiger partial charge in [0.1, 0.15) is 17.3 Å². The number of aromatic nitrogens is 1. The van der Waals surface area contributed by atoms with Gasteiger partial charge in [0.05, 0.1) is 5.56 Å². The van der Waals surface area contributed by atoms with Gasteiger partial charge in [0.25, 0.3) is 0 Å². The molecule has 0 aliphatic heterocycles. The van der Waals surface area contributed by atoms with Crippen molar-refractivity contribution in [2.75, 3.05) is 5.32 Å². The number of nitrogens with one attached hydrogen (secondary N) is 1. The van der Waals surface area contributed by atoms with Crippen molar-refractivity contribution in [1.82, 2.24) is 4.98 Å². The molecule has 0 unspecified atom stereocenters. The lowest BCUT2D eigenvalue weighted by Crippen LogP contribution is -2.18. The van der Waals surface area contributed by atoms with Crippen molar-refractivity contribution in [3.63, 3.8) is 0 Å². The van der Waals surface area contributed by atoms with Gasteiger partial charge in [-0.1, -0.05) is 0 Å². The van der Waals surface area contributed by atoms with E-state index in [0.29, 0.717) is 12.2 Å². The quantitative estimate of drug-likeness (QED) is 0.938. The molecule has 2 heterocycles. The molecule has 4 nitrogen and oxygen atoms in total. The lowest BCUT2D eigenvalue weighted by atomic mass is 10.2. The highest BCUT2D eigenvalue weighted by atomic mass is 19.4. The topological polar surface area (TPSA) is 55.1 Å². The molecular weight excluding hydrogens is 285 g/mol. The van der Waals surface area contributed by atoms with Gasteiger partial charge in [0.2, 0.25) is 5.91 Å². The van der Waals surface area contributed by atoms with E-state index in [0.717, 1.165) is 11.8 Å². The molecule has 0 saturated heterocycles. The Morgan fingerprint density at radius 2 is 2.10 bits per heavy atom. The summed E-state index contributed by atoms with van der Waals surface area (Å²) in [6.45, 7) is 1.77. The van der Waals surface area contributed by atoms with Crippen LogP contribution in [0.5, 0.6) is 0 Å². The first kappa shape index (κ1) is 15.1. The Morgan fingerprint density at radius 3 is 2.71 bits per heavy atom. The molecular formula is C14H13F3N2O2. The highest BCUT2D eigenvalue weighted by molar-refractivity contribution is 5.90. The van der Waals surface area contributed by atoms with Gasteiger partial charge in [-0.15, -0.1) is 0 Å². The van der Waals surface area contributed by atoms with Crippen LogP contribution >= 0.6 is 0 Å². The number of amides is 1. The van der Waals surface area contributed by atoms with Gasteiger partial charge in [-0.05, 0) is 31.2 Å². The molecule has 0 aromatic carbocycles. The fraction of sp³-hybridized carbons (Fsp3) is 0.286. The number of furan rings is 1. The largest absolute Gasteiger partial charge is 0.466 e. The summed E-state index contributed by atoms with van der Waals surface area (Å²) in [6, 6.07) is 5.53. The van der Waals surface area contributed by atoms with E-state index in [9.17, 15) is 18.0 Å². The van der Waals surface area contributed by atoms with E-state index in [1.54, 1.807) is 19.1 Å². The Hall–Kier alpha value is -2.31. The monoisotopic (exact) mass is 298 g/mol. The molecule has 2 aromatic heterocycles. The minimum Gasteiger partial charge on any atom is -0.466 e. The molecule has 112 valence electrons. The summed E-state index contributed by atoms with van der Waals surface area (Å²) >= 11 is 0. The van der Waals surface area contributed by atoms with Crippen LogP contribution in [0.1, 0.15) is 23.5 Å². The van der Waals surface area contributed by atoms with Crippen LogP contribution in [0, 0.1) is 6.92 Å². The molecule has 0 aliphatic carbocycles. The smallest absolute Gasteiger partial charge is 0.419 e. The summed E-state index contributed by atoms with van der Waals surface area (Å²) in [5.41, 5.74) is -0.966. The van der Waals surface area contributed by atoms with Gasteiger partial charge in [0.15, 0.2) is 0 Å². The summed E-state index contributed by atoms with van der Waals surface area (Å²) in [5.74, 6) is 0.299. The number of pyridine rings is 1. The number of hydrogen-bond donors (Lipinski definition) is 1. The Kier molecular flexibility index (Phi) is 4.30. The fourth-order valence-corrected chi connectivity index (χ4v) is 1.78. The molecule has 7 heteroatoms. The lowest BCUT2D eigenvalue weighted by molar-refractivity contribution is -0.137. The van der Waals surface area contributed by atoms with E-state index in [-0.39, 0.29) is 6.42 Å². The Bertz CT molecular complexity index is 635. The molecule has 0 saturated carbocycles. The minimum absolute atomic E-state index is 0.0147. The first-order valence-electron chi connectivity index (χ1n) is 6.23. The summed E-state index contributed by atoms with van der Waals surface area (Å²) in [7, 11) is 0. The minimum atomic E-state index is -4.56. The van der Waals surface area contributed by atoms with E-state index < -0.39 is 23.5 Å². The second-order valence-electron chi connectivity index (χ2n) is 4.46. The Labute approximate surface area is 119 Å². The summed E-state index contributed by atoms with van der Waals surface area (Å²) in [6.07, 6.45) is -3.04. The van der Waals surface area contributed by atoms with Crippen molar-refractivity contribution < 1.29 is 22.4 Å². The number of alkyl halides is 3. The second-order valence-corrected chi connectivity index (χ2v) is 4.46. The second kappa shape index (κ2) is 5.99. The highest BCUT2D eigenvalue weighted by Crippen LogP contribution is 2.33. The maximum absolute atomic E-state index is 12.7. The number of halogens is 3. The summed E-state index contributed by atoms with van der Waals surface area (Å²) < 4.78 is 43.5. The van der Waals surface area contributed by atoms with E-state index in [4.69, 9.17) is 4.42 Å². The van der Waals surface area contributed by atoms with Crippen LogP contribution in [0.3, 0.4) is 0 Å². The predicted molar refractivity (Wildman–Crippen MR) is 69.6 cm³/mol. The normalized spacial score (nSPS) is 11.4. The van der Waals surface area contributed by atoms with Gasteiger partial charge in [-0.2, -0.15) is 13.2 Å². The van der Waals surface area contributed by atoms with Crippen LogP contribution in [-0.4, -0.2) is 10.9 Å². The van der Waals surface area contributed by atoms with Crippen molar-refractivity contribution in [2.45, 2.75) is 25.9 Å². The molecule has 2 aromatic rings. The average Bonchev–Trinajstić information content (AvgIpc) is 2.82. The van der Waals surface area contributed by atoms with Crippen LogP contribution in [0.2, 0.25) is 0 Å². The SMILES string of the molecule is Cc1ccc(CCC(=O)Nc2ncccc2C(F)(F)F)o1. The predicted octanol–water partition coefficient (Wildman–Crippen LogP) is 3.57. The number of nitrogens with zero attached hydrogens (tertiary/aromatic N) is 1. The van der Waals surface area contributed by atoms with Crippen LogP contribution < -0.4 is 5.32 Å². The molecule has 0 fully saturated rings. The molecule has 1 N–H and O–H groups in total. The zero-order chi connectivity index (χ0) is 15.5. The molecule has 0 radical (unpaired) electrons. The van der Waals surface area contributed by atoms with E-state index in [2.05, 4.69) is 10.3 Å². The number of carbonyl (C=O) groups excluding carboxylic acids is 1. The van der Waals surface area contributed by atoms with Crippen molar-refractivity contribution in [3.8, 4) is 0 Å². The van der Waals surface area contributed by atoms with Gasteiger partial charge in [-0.3, -0.25) is 4.79 Å². The number of aryl methyl sites for hydroxylation is 2. The molecule has 0 spiro atoms. The third-order valence-corrected chi connectivity index (χ3v) is 2.77. The summed E-state index contributed by atoms with van der Waals surface area (Å²) in [4.78, 5) is 15.3. The van der Waals surface area contributed by atoms with Gasteiger partial charge < -0.3 is 9.73 Å². The van der Waals surface area contributed by atoms with Crippen LogP contribution in [0.25, 0.3) is 0 Å². The van der Waals surface area contributed by atoms with E-state index in [1.165, 1.54) is 12.3 Å². The van der Waals surface area contributed by atoms with Crippen LogP contribution in [0.4, 0.5) is 19.0 Å². The zero-order valence-electron chi connectivity index (χ0n) is 11.2. The fourth-order valence-electron chi connectivity index (χ4n) is 1.78. The number of rotatable bonds is 4. The Balaban J connectivity index is 2.00. The molecule has 21 heavy (non-hydrogen) atoms. The van der Waals surface area contributed by atoms with E-state index >= 15 is 0 Å². The average molecular weight is 298 g/mol. The van der Waals surface area contributed by atoms with E-state index in [1.807, 2.05) is 0 Å². The highest BCUT2D eigenvalue weighted by Gasteiger charge is 2.34. The van der Waals surface area contributed by atoms with Gasteiger partial charge in [0, 0.05) is 19.0 Å². The van der Waals surface area contributed by atoms with Crippen molar-refractivity contribution in [2.24, 2.45) is 0 Å². The first-order valence-corrected chi connectivity index (χ1v) is 6.23. The molecule has 0 aliphatic rings. The lowest BCUT2D eigenvalue weighted by Gasteiger charge is -2.12. The van der Waals surface area contributed by atoms with Crippen molar-refractivity contribution >= 4 is 11.7 Å². The van der Waals surface area contributed by atoms with Gasteiger partial charge >= 0.3 is 6.18 Å². The molecule has 1 amide bonds. The summed E-state index contributed by atoms with van der Waals surface area (Å²) in [5, 5.41) is 2.18. The van der Waals surface area contributed by atoms with Crippen molar-refractivity contribution in [1.29, 1.82) is 0 Å². The Morgan fingerprint density at radius 1 is 1.33 bits per heavy atom. The number of carbonyl (C=O) groups is 1. The first-order chi connectivity index (χ1) is 9.86. The molecule has 0 atom stereocenters. The van der Waals surface area contributed by atoms with Crippen LogP contribution in [-0.2, 0) is 17.4 Å². The number of hydrogen-bond acceptors (Lipinski definition) is 3. The third-order valence-electron chi connectivity index (χ3n) is 2.77. The molecule has 0 bridgehead atoms. The van der Waals surface area contributed by atoms with Crippen molar-refractivity contribution in [3.05, 3.63) is 47.5 Å². The molecule has 2 rings (SSSR count). The van der Waals surface area contributed by atoms with Gasteiger partial charge in [-0.25, -0.2) is 4.98 Å². The number of anilines is 1. The maximum Gasteiger partial charge on any atom is 0.419 e. The standard InChI is InChI=1S/C14H13F3N2O2/c1-9-4-5-10(21-9)6-7-12(20)19-13-11(14(15,16)17)3-2-8-18-13/h2-5,8H,6-7H2,1H3,(H,18,19,20). The zero-order valence-corrected chi connectivity index (χ0v) is 11.2.